The molecule has 0 aliphatic rings. The van der Waals surface area contributed by atoms with Crippen molar-refractivity contribution in [3.8, 4) is 5.75 Å². The molecule has 0 heterocycles. The molecule has 1 atom stereocenters. The van der Waals surface area contributed by atoms with Gasteiger partial charge in [-0.15, -0.1) is 0 Å². The zero-order chi connectivity index (χ0) is 10.8. The van der Waals surface area contributed by atoms with E-state index in [4.69, 9.17) is 16.3 Å². The summed E-state index contributed by atoms with van der Waals surface area (Å²) in [4.78, 5) is 10.5. The highest BCUT2D eigenvalue weighted by Gasteiger charge is 2.29. The number of hydrogen-bond acceptors (Lipinski definition) is 2. The second-order valence-electron chi connectivity index (χ2n) is 3.01. The standard InChI is InChI=1S/C10H10ClFO2/c1-10(12,6-13)7-4-3-5-8(11)9(7)14-2/h3-6H,1-2H3. The van der Waals surface area contributed by atoms with Crippen LogP contribution in [0.2, 0.25) is 5.02 Å². The Bertz CT molecular complexity index is 350. The number of carbonyl (C=O) groups excluding carboxylic acids is 1. The van der Waals surface area contributed by atoms with E-state index in [9.17, 15) is 9.18 Å². The molecule has 0 aliphatic carbocycles. The lowest BCUT2D eigenvalue weighted by Crippen LogP contribution is -2.17. The van der Waals surface area contributed by atoms with Crippen molar-refractivity contribution in [2.75, 3.05) is 7.11 Å². The Morgan fingerprint density at radius 2 is 2.21 bits per heavy atom. The molecule has 1 unspecified atom stereocenters. The Labute approximate surface area is 86.6 Å². The molecule has 0 saturated heterocycles. The summed E-state index contributed by atoms with van der Waals surface area (Å²) in [6.45, 7) is 1.16. The van der Waals surface area contributed by atoms with Gasteiger partial charge < -0.3 is 4.74 Å². The third-order valence-corrected chi connectivity index (χ3v) is 2.22. The molecule has 14 heavy (non-hydrogen) atoms. The van der Waals surface area contributed by atoms with Crippen LogP contribution in [0.5, 0.6) is 5.75 Å². The molecule has 0 radical (unpaired) electrons. The van der Waals surface area contributed by atoms with Gasteiger partial charge in [-0.2, -0.15) is 0 Å². The number of para-hydroxylation sites is 1. The minimum absolute atomic E-state index is 0.141. The van der Waals surface area contributed by atoms with Crippen LogP contribution < -0.4 is 4.74 Å². The maximum Gasteiger partial charge on any atom is 0.191 e. The molecule has 0 spiro atoms. The largest absolute Gasteiger partial charge is 0.495 e. The molecule has 0 fully saturated rings. The van der Waals surface area contributed by atoms with Crippen molar-refractivity contribution < 1.29 is 13.9 Å². The highest BCUT2D eigenvalue weighted by atomic mass is 35.5. The molecule has 0 aliphatic heterocycles. The lowest BCUT2D eigenvalue weighted by Gasteiger charge is -2.17. The summed E-state index contributed by atoms with van der Waals surface area (Å²) in [6.07, 6.45) is 0.223. The maximum absolute atomic E-state index is 13.7. The van der Waals surface area contributed by atoms with E-state index in [1.54, 1.807) is 12.1 Å². The van der Waals surface area contributed by atoms with Gasteiger partial charge in [0.1, 0.15) is 5.75 Å². The van der Waals surface area contributed by atoms with E-state index in [0.717, 1.165) is 6.92 Å². The molecule has 76 valence electrons. The van der Waals surface area contributed by atoms with Gasteiger partial charge in [0.25, 0.3) is 0 Å². The Morgan fingerprint density at radius 3 is 2.71 bits per heavy atom. The van der Waals surface area contributed by atoms with Crippen molar-refractivity contribution in [2.24, 2.45) is 0 Å². The number of aldehydes is 1. The quantitative estimate of drug-likeness (QED) is 0.727. The van der Waals surface area contributed by atoms with Crippen LogP contribution in [0.3, 0.4) is 0 Å². The summed E-state index contributed by atoms with van der Waals surface area (Å²) in [5.74, 6) is 0.200. The van der Waals surface area contributed by atoms with Crippen molar-refractivity contribution in [2.45, 2.75) is 12.6 Å². The zero-order valence-electron chi connectivity index (χ0n) is 7.88. The first-order valence-electron chi connectivity index (χ1n) is 4.01. The summed E-state index contributed by atoms with van der Waals surface area (Å²) >= 11 is 5.78. The van der Waals surface area contributed by atoms with Gasteiger partial charge in [0, 0.05) is 5.56 Å². The summed E-state index contributed by atoms with van der Waals surface area (Å²) < 4.78 is 18.6. The smallest absolute Gasteiger partial charge is 0.191 e. The van der Waals surface area contributed by atoms with Crippen LogP contribution in [0.25, 0.3) is 0 Å². The second kappa shape index (κ2) is 3.96. The number of hydrogen-bond donors (Lipinski definition) is 0. The van der Waals surface area contributed by atoms with Crippen LogP contribution in [0.15, 0.2) is 18.2 Å². The lowest BCUT2D eigenvalue weighted by atomic mass is 9.98. The average molecular weight is 217 g/mol. The van der Waals surface area contributed by atoms with E-state index < -0.39 is 5.67 Å². The first-order valence-corrected chi connectivity index (χ1v) is 4.39. The van der Waals surface area contributed by atoms with Crippen molar-refractivity contribution in [1.29, 1.82) is 0 Å². The fourth-order valence-corrected chi connectivity index (χ4v) is 1.42. The van der Waals surface area contributed by atoms with Gasteiger partial charge in [0.05, 0.1) is 12.1 Å². The minimum Gasteiger partial charge on any atom is -0.495 e. The molecule has 4 heteroatoms. The number of halogens is 2. The maximum atomic E-state index is 13.7. The van der Waals surface area contributed by atoms with Gasteiger partial charge >= 0.3 is 0 Å². The molecule has 1 rings (SSSR count). The van der Waals surface area contributed by atoms with Crippen LogP contribution in [0.1, 0.15) is 12.5 Å². The van der Waals surface area contributed by atoms with E-state index in [0.29, 0.717) is 0 Å². The molecule has 0 aromatic heterocycles. The molecular weight excluding hydrogens is 207 g/mol. The van der Waals surface area contributed by atoms with Crippen molar-refractivity contribution >= 4 is 17.9 Å². The Hall–Kier alpha value is -1.09. The predicted octanol–water partition coefficient (Wildman–Crippen LogP) is 2.73. The molecule has 0 amide bonds. The number of methoxy groups -OCH3 is 1. The molecule has 1 aromatic carbocycles. The second-order valence-corrected chi connectivity index (χ2v) is 3.42. The molecule has 0 N–H and O–H groups in total. The summed E-state index contributed by atoms with van der Waals surface area (Å²) in [5.41, 5.74) is -1.93. The Kier molecular flexibility index (Phi) is 3.11. The van der Waals surface area contributed by atoms with Gasteiger partial charge in [-0.05, 0) is 13.0 Å². The summed E-state index contributed by atoms with van der Waals surface area (Å²) in [7, 11) is 1.38. The number of rotatable bonds is 3. The SMILES string of the molecule is COc1c(Cl)cccc1C(C)(F)C=O. The van der Waals surface area contributed by atoms with Crippen LogP contribution in [-0.4, -0.2) is 13.4 Å². The normalized spacial score (nSPS) is 14.6. The fourth-order valence-electron chi connectivity index (χ4n) is 1.16. The first-order chi connectivity index (χ1) is 6.53. The topological polar surface area (TPSA) is 26.3 Å². The molecule has 0 bridgehead atoms. The van der Waals surface area contributed by atoms with Gasteiger partial charge in [0.2, 0.25) is 0 Å². The monoisotopic (exact) mass is 216 g/mol. The minimum atomic E-state index is -2.07. The van der Waals surface area contributed by atoms with Gasteiger partial charge in [-0.25, -0.2) is 4.39 Å². The van der Waals surface area contributed by atoms with Crippen LogP contribution in [0.4, 0.5) is 4.39 Å². The van der Waals surface area contributed by atoms with Crippen molar-refractivity contribution in [1.82, 2.24) is 0 Å². The molecular formula is C10H10ClFO2. The van der Waals surface area contributed by atoms with Crippen molar-refractivity contribution in [3.63, 3.8) is 0 Å². The predicted molar refractivity (Wildman–Crippen MR) is 52.5 cm³/mol. The van der Waals surface area contributed by atoms with Gasteiger partial charge in [0.15, 0.2) is 12.0 Å². The van der Waals surface area contributed by atoms with Crippen LogP contribution >= 0.6 is 11.6 Å². The number of carbonyl (C=O) groups is 1. The number of alkyl halides is 1. The molecule has 2 nitrogen and oxygen atoms in total. The van der Waals surface area contributed by atoms with E-state index in [1.165, 1.54) is 13.2 Å². The number of ether oxygens (including phenoxy) is 1. The highest BCUT2D eigenvalue weighted by Crippen LogP contribution is 2.36. The molecule has 0 saturated carbocycles. The third-order valence-electron chi connectivity index (χ3n) is 1.92. The van der Waals surface area contributed by atoms with E-state index in [2.05, 4.69) is 0 Å². The fraction of sp³-hybridized carbons (Fsp3) is 0.300. The first kappa shape index (κ1) is 11.0. The summed E-state index contributed by atoms with van der Waals surface area (Å²) in [6, 6.07) is 4.62. The third kappa shape index (κ3) is 1.87. The van der Waals surface area contributed by atoms with Crippen LogP contribution in [0, 0.1) is 0 Å². The highest BCUT2D eigenvalue weighted by molar-refractivity contribution is 6.32. The molecule has 1 aromatic rings. The van der Waals surface area contributed by atoms with Gasteiger partial charge in [-0.3, -0.25) is 4.79 Å². The Morgan fingerprint density at radius 1 is 1.57 bits per heavy atom. The average Bonchev–Trinajstić information content (AvgIpc) is 2.17. The van der Waals surface area contributed by atoms with E-state index in [-0.39, 0.29) is 22.6 Å². The van der Waals surface area contributed by atoms with E-state index in [1.807, 2.05) is 0 Å². The number of benzene rings is 1. The van der Waals surface area contributed by atoms with Crippen LogP contribution in [-0.2, 0) is 10.5 Å². The lowest BCUT2D eigenvalue weighted by molar-refractivity contribution is -0.117. The van der Waals surface area contributed by atoms with Crippen molar-refractivity contribution in [3.05, 3.63) is 28.8 Å². The summed E-state index contributed by atoms with van der Waals surface area (Å²) in [5, 5.41) is 0.288. The zero-order valence-corrected chi connectivity index (χ0v) is 8.64. The van der Waals surface area contributed by atoms with Gasteiger partial charge in [-0.1, -0.05) is 23.7 Å². The Balaban J connectivity index is 3.34. The van der Waals surface area contributed by atoms with E-state index >= 15 is 0 Å².